The average molecular weight is 434 g/mol. The summed E-state index contributed by atoms with van der Waals surface area (Å²) in [5.74, 6) is 0.533. The Morgan fingerprint density at radius 3 is 2.78 bits per heavy atom. The number of carbonyl (C=O) groups excluding carboxylic acids is 2. The van der Waals surface area contributed by atoms with Gasteiger partial charge in [0.1, 0.15) is 0 Å². The van der Waals surface area contributed by atoms with Gasteiger partial charge in [0.2, 0.25) is 11.8 Å². The van der Waals surface area contributed by atoms with Crippen molar-refractivity contribution in [2.75, 3.05) is 31.1 Å². The third-order valence-corrected chi connectivity index (χ3v) is 6.81. The average Bonchev–Trinajstić information content (AvgIpc) is 3.40. The standard InChI is InChI=1S/C21H28BrN3O2/c22-17-4-3-7-19(11-17)24-9-8-15(13-24)12-23-21(27)16-10-20(26)25(14-16)18-5-1-2-6-18/h3-4,7,11,15-16,18H,1-2,5-6,8-10,12-14H2,(H,23,27)/t15-,16+/m0/s1. The lowest BCUT2D eigenvalue weighted by atomic mass is 10.1. The van der Waals surface area contributed by atoms with E-state index in [0.29, 0.717) is 31.5 Å². The molecule has 0 spiro atoms. The monoisotopic (exact) mass is 433 g/mol. The van der Waals surface area contributed by atoms with Crippen LogP contribution in [0.25, 0.3) is 0 Å². The van der Waals surface area contributed by atoms with Crippen LogP contribution in [0.2, 0.25) is 0 Å². The fourth-order valence-corrected chi connectivity index (χ4v) is 5.16. The van der Waals surface area contributed by atoms with Gasteiger partial charge in [0.25, 0.3) is 0 Å². The van der Waals surface area contributed by atoms with Crippen LogP contribution in [-0.2, 0) is 9.59 Å². The lowest BCUT2D eigenvalue weighted by molar-refractivity contribution is -0.130. The van der Waals surface area contributed by atoms with E-state index in [1.807, 2.05) is 11.0 Å². The Balaban J connectivity index is 1.24. The lowest BCUT2D eigenvalue weighted by Crippen LogP contribution is -2.38. The highest BCUT2D eigenvalue weighted by molar-refractivity contribution is 9.10. The van der Waals surface area contributed by atoms with Crippen LogP contribution < -0.4 is 10.2 Å². The van der Waals surface area contributed by atoms with E-state index in [4.69, 9.17) is 0 Å². The van der Waals surface area contributed by atoms with E-state index in [2.05, 4.69) is 44.3 Å². The van der Waals surface area contributed by atoms with Gasteiger partial charge in [0, 0.05) is 48.8 Å². The third-order valence-electron chi connectivity index (χ3n) is 6.32. The summed E-state index contributed by atoms with van der Waals surface area (Å²) in [5.41, 5.74) is 1.23. The van der Waals surface area contributed by atoms with Crippen LogP contribution in [0.15, 0.2) is 28.7 Å². The van der Waals surface area contributed by atoms with Gasteiger partial charge in [-0.05, 0) is 43.4 Å². The van der Waals surface area contributed by atoms with Crippen molar-refractivity contribution in [3.8, 4) is 0 Å². The van der Waals surface area contributed by atoms with E-state index in [9.17, 15) is 9.59 Å². The minimum atomic E-state index is -0.166. The quantitative estimate of drug-likeness (QED) is 0.775. The largest absolute Gasteiger partial charge is 0.371 e. The number of anilines is 1. The predicted molar refractivity (Wildman–Crippen MR) is 110 cm³/mol. The van der Waals surface area contributed by atoms with Gasteiger partial charge in [-0.1, -0.05) is 34.8 Å². The Labute approximate surface area is 169 Å². The Kier molecular flexibility index (Phi) is 5.71. The van der Waals surface area contributed by atoms with E-state index in [1.165, 1.54) is 18.5 Å². The lowest BCUT2D eigenvalue weighted by Gasteiger charge is -2.24. The van der Waals surface area contributed by atoms with Crippen molar-refractivity contribution >= 4 is 33.4 Å². The molecule has 1 aliphatic carbocycles. The first-order valence-electron chi connectivity index (χ1n) is 10.2. The summed E-state index contributed by atoms with van der Waals surface area (Å²) in [6.45, 7) is 3.31. The maximum absolute atomic E-state index is 12.6. The van der Waals surface area contributed by atoms with Crippen LogP contribution in [0, 0.1) is 11.8 Å². The van der Waals surface area contributed by atoms with E-state index < -0.39 is 0 Å². The number of nitrogens with one attached hydrogen (secondary N) is 1. The molecular weight excluding hydrogens is 406 g/mol. The maximum atomic E-state index is 12.6. The molecule has 0 unspecified atom stereocenters. The molecule has 2 saturated heterocycles. The topological polar surface area (TPSA) is 52.7 Å². The van der Waals surface area contributed by atoms with Gasteiger partial charge in [-0.3, -0.25) is 9.59 Å². The first-order chi connectivity index (χ1) is 13.1. The third kappa shape index (κ3) is 4.31. The highest BCUT2D eigenvalue weighted by atomic mass is 79.9. The second kappa shape index (κ2) is 8.21. The highest BCUT2D eigenvalue weighted by Gasteiger charge is 2.38. The molecule has 6 heteroatoms. The fourth-order valence-electron chi connectivity index (χ4n) is 4.77. The summed E-state index contributed by atoms with van der Waals surface area (Å²) in [4.78, 5) is 29.2. The molecule has 2 heterocycles. The molecule has 1 aromatic carbocycles. The number of hydrogen-bond donors (Lipinski definition) is 1. The Hall–Kier alpha value is -1.56. The van der Waals surface area contributed by atoms with E-state index in [-0.39, 0.29) is 17.7 Å². The minimum absolute atomic E-state index is 0.0600. The number of amides is 2. The van der Waals surface area contributed by atoms with Gasteiger partial charge in [-0.2, -0.15) is 0 Å². The molecule has 0 radical (unpaired) electrons. The zero-order chi connectivity index (χ0) is 18.8. The molecule has 2 amide bonds. The molecule has 1 aromatic rings. The smallest absolute Gasteiger partial charge is 0.225 e. The van der Waals surface area contributed by atoms with Crippen molar-refractivity contribution in [1.29, 1.82) is 0 Å². The van der Waals surface area contributed by atoms with Crippen LogP contribution in [0.3, 0.4) is 0 Å². The number of benzene rings is 1. The number of rotatable bonds is 5. The summed E-state index contributed by atoms with van der Waals surface area (Å²) >= 11 is 3.53. The van der Waals surface area contributed by atoms with E-state index in [1.54, 1.807) is 0 Å². The summed E-state index contributed by atoms with van der Waals surface area (Å²) in [5, 5.41) is 3.13. The van der Waals surface area contributed by atoms with Gasteiger partial charge >= 0.3 is 0 Å². The number of carbonyl (C=O) groups is 2. The van der Waals surface area contributed by atoms with E-state index in [0.717, 1.165) is 36.8 Å². The second-order valence-corrected chi connectivity index (χ2v) is 9.13. The van der Waals surface area contributed by atoms with Crippen molar-refractivity contribution in [3.05, 3.63) is 28.7 Å². The number of hydrogen-bond acceptors (Lipinski definition) is 3. The number of nitrogens with zero attached hydrogens (tertiary/aromatic N) is 2. The van der Waals surface area contributed by atoms with Crippen molar-refractivity contribution in [2.24, 2.45) is 11.8 Å². The number of likely N-dealkylation sites (tertiary alicyclic amines) is 1. The molecule has 0 bridgehead atoms. The Morgan fingerprint density at radius 2 is 2.00 bits per heavy atom. The molecule has 3 fully saturated rings. The zero-order valence-corrected chi connectivity index (χ0v) is 17.3. The molecule has 0 aromatic heterocycles. The summed E-state index contributed by atoms with van der Waals surface area (Å²) in [7, 11) is 0. The molecule has 4 rings (SSSR count). The van der Waals surface area contributed by atoms with Crippen LogP contribution >= 0.6 is 15.9 Å². The minimum Gasteiger partial charge on any atom is -0.371 e. The van der Waals surface area contributed by atoms with E-state index >= 15 is 0 Å². The van der Waals surface area contributed by atoms with Crippen molar-refractivity contribution < 1.29 is 9.59 Å². The van der Waals surface area contributed by atoms with Crippen molar-refractivity contribution in [3.63, 3.8) is 0 Å². The van der Waals surface area contributed by atoms with Crippen molar-refractivity contribution in [2.45, 2.75) is 44.6 Å². The molecule has 2 atom stereocenters. The molecule has 146 valence electrons. The highest BCUT2D eigenvalue weighted by Crippen LogP contribution is 2.30. The summed E-state index contributed by atoms with van der Waals surface area (Å²) in [6, 6.07) is 8.75. The molecular formula is C21H28BrN3O2. The van der Waals surface area contributed by atoms with Crippen LogP contribution in [0.1, 0.15) is 38.5 Å². The van der Waals surface area contributed by atoms with Gasteiger partial charge in [0.05, 0.1) is 5.92 Å². The van der Waals surface area contributed by atoms with Gasteiger partial charge in [0.15, 0.2) is 0 Å². The van der Waals surface area contributed by atoms with Crippen LogP contribution in [0.5, 0.6) is 0 Å². The molecule has 5 nitrogen and oxygen atoms in total. The first-order valence-corrected chi connectivity index (χ1v) is 11.0. The van der Waals surface area contributed by atoms with Crippen LogP contribution in [0.4, 0.5) is 5.69 Å². The molecule has 1 N–H and O–H groups in total. The van der Waals surface area contributed by atoms with Gasteiger partial charge in [-0.25, -0.2) is 0 Å². The summed E-state index contributed by atoms with van der Waals surface area (Å²) in [6.07, 6.45) is 6.10. The predicted octanol–water partition coefficient (Wildman–Crippen LogP) is 3.18. The molecule has 1 saturated carbocycles. The second-order valence-electron chi connectivity index (χ2n) is 8.21. The van der Waals surface area contributed by atoms with Gasteiger partial charge < -0.3 is 15.1 Å². The van der Waals surface area contributed by atoms with Crippen LogP contribution in [-0.4, -0.2) is 48.9 Å². The number of halogens is 1. The molecule has 3 aliphatic rings. The maximum Gasteiger partial charge on any atom is 0.225 e. The fraction of sp³-hybridized carbons (Fsp3) is 0.619. The molecule has 27 heavy (non-hydrogen) atoms. The first kappa shape index (κ1) is 18.8. The normalized spacial score (nSPS) is 26.2. The SMILES string of the molecule is O=C(NC[C@@H]1CCN(c2cccc(Br)c2)C1)[C@@H]1CC(=O)N(C2CCCC2)C1. The Bertz CT molecular complexity index is 704. The Morgan fingerprint density at radius 1 is 1.19 bits per heavy atom. The zero-order valence-electron chi connectivity index (χ0n) is 15.7. The van der Waals surface area contributed by atoms with Crippen molar-refractivity contribution in [1.82, 2.24) is 10.2 Å². The van der Waals surface area contributed by atoms with Gasteiger partial charge in [-0.15, -0.1) is 0 Å². The summed E-state index contributed by atoms with van der Waals surface area (Å²) < 4.78 is 1.09. The molecule has 2 aliphatic heterocycles.